The van der Waals surface area contributed by atoms with Gasteiger partial charge in [0, 0.05) is 0 Å². The van der Waals surface area contributed by atoms with E-state index in [0.29, 0.717) is 12.3 Å². The summed E-state index contributed by atoms with van der Waals surface area (Å²) in [5.74, 6) is 0.345. The first kappa shape index (κ1) is 7.89. The minimum absolute atomic E-state index is 0.335. The van der Waals surface area contributed by atoms with E-state index >= 15 is 0 Å². The number of halogens is 1. The smallest absolute Gasteiger partial charge is 0.123 e. The normalized spacial score (nSPS) is 14.6. The molecule has 0 rings (SSSR count). The minimum atomic E-state index is -1.02. The van der Waals surface area contributed by atoms with Gasteiger partial charge in [0.05, 0.1) is 6.61 Å². The van der Waals surface area contributed by atoms with Crippen molar-refractivity contribution >= 4 is 0 Å². The van der Waals surface area contributed by atoms with Crippen molar-refractivity contribution in [3.8, 4) is 0 Å². The summed E-state index contributed by atoms with van der Waals surface area (Å²) in [7, 11) is 0. The van der Waals surface area contributed by atoms with Gasteiger partial charge in [0.2, 0.25) is 0 Å². The molecule has 50 valence electrons. The van der Waals surface area contributed by atoms with Crippen molar-refractivity contribution in [3.63, 3.8) is 0 Å². The van der Waals surface area contributed by atoms with Crippen molar-refractivity contribution in [2.75, 3.05) is 6.61 Å². The Bertz CT molecular complexity index is 54.5. The van der Waals surface area contributed by atoms with E-state index in [-0.39, 0.29) is 6.61 Å². The van der Waals surface area contributed by atoms with Gasteiger partial charge in [-0.1, -0.05) is 13.8 Å². The van der Waals surface area contributed by atoms with E-state index in [9.17, 15) is 4.39 Å². The lowest BCUT2D eigenvalue weighted by atomic mass is 10.1. The second-order valence-corrected chi connectivity index (χ2v) is 2.41. The molecule has 0 radical (unpaired) electrons. The lowest BCUT2D eigenvalue weighted by Gasteiger charge is -2.05. The Morgan fingerprint density at radius 1 is 1.50 bits per heavy atom. The lowest BCUT2D eigenvalue weighted by molar-refractivity contribution is 0.158. The van der Waals surface area contributed by atoms with Gasteiger partial charge < -0.3 is 5.11 Å². The zero-order valence-corrected chi connectivity index (χ0v) is 5.39. The van der Waals surface area contributed by atoms with Crippen molar-refractivity contribution in [2.45, 2.75) is 26.4 Å². The van der Waals surface area contributed by atoms with Crippen LogP contribution in [0.5, 0.6) is 0 Å². The first-order valence-corrected chi connectivity index (χ1v) is 2.91. The highest BCUT2D eigenvalue weighted by Gasteiger charge is 2.05. The summed E-state index contributed by atoms with van der Waals surface area (Å²) in [6.45, 7) is 3.53. The van der Waals surface area contributed by atoms with E-state index in [4.69, 9.17) is 5.11 Å². The van der Waals surface area contributed by atoms with Gasteiger partial charge in [-0.25, -0.2) is 4.39 Å². The molecule has 0 saturated heterocycles. The number of aliphatic hydroxyl groups excluding tert-OH is 1. The van der Waals surface area contributed by atoms with Gasteiger partial charge in [-0.05, 0) is 12.3 Å². The van der Waals surface area contributed by atoms with E-state index in [0.717, 1.165) is 0 Å². The fourth-order valence-electron chi connectivity index (χ4n) is 0.586. The molecule has 0 spiro atoms. The molecule has 0 heterocycles. The molecule has 0 aromatic carbocycles. The fraction of sp³-hybridized carbons (Fsp3) is 1.00. The van der Waals surface area contributed by atoms with Crippen LogP contribution in [0.3, 0.4) is 0 Å². The quantitative estimate of drug-likeness (QED) is 0.596. The van der Waals surface area contributed by atoms with Crippen molar-refractivity contribution in [1.29, 1.82) is 0 Å². The van der Waals surface area contributed by atoms with Crippen molar-refractivity contribution in [3.05, 3.63) is 0 Å². The summed E-state index contributed by atoms with van der Waals surface area (Å²) in [6.07, 6.45) is -0.550. The molecule has 0 amide bonds. The molecule has 0 aliphatic rings. The Kier molecular flexibility index (Phi) is 3.79. The number of aliphatic hydroxyl groups is 1. The summed E-state index contributed by atoms with van der Waals surface area (Å²) in [4.78, 5) is 0. The van der Waals surface area contributed by atoms with Gasteiger partial charge in [0.15, 0.2) is 0 Å². The Morgan fingerprint density at radius 3 is 2.12 bits per heavy atom. The number of rotatable bonds is 3. The van der Waals surface area contributed by atoms with Crippen LogP contribution in [0.25, 0.3) is 0 Å². The third-order valence-corrected chi connectivity index (χ3v) is 0.925. The van der Waals surface area contributed by atoms with E-state index in [1.165, 1.54) is 0 Å². The Hall–Kier alpha value is -0.110. The van der Waals surface area contributed by atoms with Gasteiger partial charge in [0.1, 0.15) is 6.17 Å². The molecule has 0 aliphatic heterocycles. The zero-order valence-electron chi connectivity index (χ0n) is 5.39. The molecule has 8 heavy (non-hydrogen) atoms. The zero-order chi connectivity index (χ0) is 6.57. The van der Waals surface area contributed by atoms with E-state index in [2.05, 4.69) is 0 Å². The van der Waals surface area contributed by atoms with E-state index in [1.54, 1.807) is 0 Å². The molecule has 0 unspecified atom stereocenters. The SMILES string of the molecule is CC(C)C[C@@H](F)CO. The maximum absolute atomic E-state index is 12.1. The molecule has 0 aromatic heterocycles. The molecule has 0 bridgehead atoms. The van der Waals surface area contributed by atoms with Gasteiger partial charge >= 0.3 is 0 Å². The van der Waals surface area contributed by atoms with Crippen LogP contribution in [0.4, 0.5) is 4.39 Å². The highest BCUT2D eigenvalue weighted by atomic mass is 19.1. The summed E-state index contributed by atoms with van der Waals surface area (Å²) in [5, 5.41) is 8.21. The average molecular weight is 120 g/mol. The van der Waals surface area contributed by atoms with Crippen molar-refractivity contribution in [2.24, 2.45) is 5.92 Å². The second-order valence-electron chi connectivity index (χ2n) is 2.41. The van der Waals surface area contributed by atoms with Crippen LogP contribution in [0.2, 0.25) is 0 Å². The van der Waals surface area contributed by atoms with Crippen LogP contribution in [-0.2, 0) is 0 Å². The van der Waals surface area contributed by atoms with Gasteiger partial charge in [-0.3, -0.25) is 0 Å². The molecule has 0 aliphatic carbocycles. The van der Waals surface area contributed by atoms with Crippen LogP contribution in [0.15, 0.2) is 0 Å². The standard InChI is InChI=1S/C6H13FO/c1-5(2)3-6(7)4-8/h5-6,8H,3-4H2,1-2H3/t6-/m1/s1. The molecule has 1 N–H and O–H groups in total. The average Bonchev–Trinajstić information content (AvgIpc) is 1.65. The number of hydrogen-bond donors (Lipinski definition) is 1. The predicted molar refractivity (Wildman–Crippen MR) is 31.4 cm³/mol. The van der Waals surface area contributed by atoms with Crippen molar-refractivity contribution < 1.29 is 9.50 Å². The molecular formula is C6H13FO. The minimum Gasteiger partial charge on any atom is -0.393 e. The van der Waals surface area contributed by atoms with Gasteiger partial charge in [0.25, 0.3) is 0 Å². The van der Waals surface area contributed by atoms with Crippen LogP contribution in [-0.4, -0.2) is 17.9 Å². The maximum atomic E-state index is 12.1. The molecule has 0 aromatic rings. The Labute approximate surface area is 49.5 Å². The van der Waals surface area contributed by atoms with E-state index < -0.39 is 6.17 Å². The molecule has 0 fully saturated rings. The van der Waals surface area contributed by atoms with Gasteiger partial charge in [-0.15, -0.1) is 0 Å². The first-order chi connectivity index (χ1) is 3.66. The molecule has 2 heteroatoms. The van der Waals surface area contributed by atoms with Crippen LogP contribution >= 0.6 is 0 Å². The summed E-state index contributed by atoms with van der Waals surface area (Å²) in [6, 6.07) is 0. The molecule has 1 nitrogen and oxygen atoms in total. The third kappa shape index (κ3) is 4.06. The lowest BCUT2D eigenvalue weighted by Crippen LogP contribution is -2.08. The highest BCUT2D eigenvalue weighted by molar-refractivity contribution is 4.55. The molecular weight excluding hydrogens is 107 g/mol. The Morgan fingerprint density at radius 2 is 2.00 bits per heavy atom. The second kappa shape index (κ2) is 3.84. The third-order valence-electron chi connectivity index (χ3n) is 0.925. The topological polar surface area (TPSA) is 20.2 Å². The molecule has 1 atom stereocenters. The number of hydrogen-bond acceptors (Lipinski definition) is 1. The van der Waals surface area contributed by atoms with E-state index in [1.807, 2.05) is 13.8 Å². The maximum Gasteiger partial charge on any atom is 0.123 e. The summed E-state index contributed by atoms with van der Waals surface area (Å²) >= 11 is 0. The van der Waals surface area contributed by atoms with Gasteiger partial charge in [-0.2, -0.15) is 0 Å². The van der Waals surface area contributed by atoms with Crippen molar-refractivity contribution in [1.82, 2.24) is 0 Å². The molecule has 0 saturated carbocycles. The van der Waals surface area contributed by atoms with Crippen LogP contribution < -0.4 is 0 Å². The summed E-state index contributed by atoms with van der Waals surface area (Å²) < 4.78 is 12.1. The number of alkyl halides is 1. The Balaban J connectivity index is 3.10. The van der Waals surface area contributed by atoms with Crippen LogP contribution in [0.1, 0.15) is 20.3 Å². The summed E-state index contributed by atoms with van der Waals surface area (Å²) in [5.41, 5.74) is 0. The van der Waals surface area contributed by atoms with Crippen LogP contribution in [0, 0.1) is 5.92 Å². The monoisotopic (exact) mass is 120 g/mol. The predicted octanol–water partition coefficient (Wildman–Crippen LogP) is 1.36. The highest BCUT2D eigenvalue weighted by Crippen LogP contribution is 2.06. The first-order valence-electron chi connectivity index (χ1n) is 2.91. The largest absolute Gasteiger partial charge is 0.393 e. The fourth-order valence-corrected chi connectivity index (χ4v) is 0.586.